The van der Waals surface area contributed by atoms with Crippen LogP contribution < -0.4 is 10.4 Å². The number of aromatic hydroxyl groups is 4. The maximum Gasteiger partial charge on any atom is 0.347 e. The van der Waals surface area contributed by atoms with Gasteiger partial charge in [0.1, 0.15) is 17.1 Å². The number of ether oxygens (including phenoxy) is 2. The molecule has 1 aliphatic heterocycles. The van der Waals surface area contributed by atoms with Crippen molar-refractivity contribution in [1.82, 2.24) is 0 Å². The lowest BCUT2D eigenvalue weighted by Gasteiger charge is -2.27. The van der Waals surface area contributed by atoms with Crippen LogP contribution in [0.25, 0.3) is 23.3 Å². The predicted molar refractivity (Wildman–Crippen MR) is 103 cm³/mol. The molecule has 0 radical (unpaired) electrons. The van der Waals surface area contributed by atoms with Gasteiger partial charge in [0, 0.05) is 24.3 Å². The molecule has 0 saturated carbocycles. The lowest BCUT2D eigenvalue weighted by molar-refractivity contribution is -0.0583. The number of hydrogen-bond donors (Lipinski definition) is 4. The van der Waals surface area contributed by atoms with Crippen molar-refractivity contribution in [1.29, 1.82) is 0 Å². The Morgan fingerprint density at radius 1 is 0.931 bits per heavy atom. The van der Waals surface area contributed by atoms with E-state index in [4.69, 9.17) is 13.9 Å². The highest BCUT2D eigenvalue weighted by atomic mass is 16.7. The zero-order valence-corrected chi connectivity index (χ0v) is 15.1. The van der Waals surface area contributed by atoms with Gasteiger partial charge in [-0.2, -0.15) is 0 Å². The second kappa shape index (κ2) is 6.92. The monoisotopic (exact) mass is 396 g/mol. The molecule has 1 aliphatic rings. The van der Waals surface area contributed by atoms with E-state index in [0.29, 0.717) is 16.7 Å². The minimum absolute atomic E-state index is 0.100. The Morgan fingerprint density at radius 2 is 1.66 bits per heavy atom. The molecule has 0 spiro atoms. The van der Waals surface area contributed by atoms with Gasteiger partial charge >= 0.3 is 5.63 Å². The van der Waals surface area contributed by atoms with Gasteiger partial charge in [0.2, 0.25) is 6.29 Å². The third-order valence-electron chi connectivity index (χ3n) is 4.49. The van der Waals surface area contributed by atoms with Crippen molar-refractivity contribution in [2.75, 3.05) is 7.11 Å². The maximum atomic E-state index is 12.6. The van der Waals surface area contributed by atoms with Crippen LogP contribution >= 0.6 is 0 Å². The summed E-state index contributed by atoms with van der Waals surface area (Å²) < 4.78 is 16.3. The van der Waals surface area contributed by atoms with Gasteiger partial charge in [-0.25, -0.2) is 4.79 Å². The van der Waals surface area contributed by atoms with E-state index in [0.717, 1.165) is 0 Å². The number of methoxy groups -OCH3 is 1. The third-order valence-corrected chi connectivity index (χ3v) is 4.49. The molecular formula is C21H16O8. The van der Waals surface area contributed by atoms with Crippen LogP contribution in [0, 0.1) is 0 Å². The van der Waals surface area contributed by atoms with Gasteiger partial charge in [-0.05, 0) is 35.9 Å². The highest BCUT2D eigenvalue weighted by Crippen LogP contribution is 2.45. The Bertz CT molecular complexity index is 1190. The highest BCUT2D eigenvalue weighted by Gasteiger charge is 2.31. The molecule has 148 valence electrons. The first-order valence-electron chi connectivity index (χ1n) is 8.51. The molecule has 0 aliphatic carbocycles. The largest absolute Gasteiger partial charge is 0.504 e. The topological polar surface area (TPSA) is 130 Å². The Balaban J connectivity index is 1.78. The van der Waals surface area contributed by atoms with E-state index < -0.39 is 11.9 Å². The fourth-order valence-electron chi connectivity index (χ4n) is 3.09. The van der Waals surface area contributed by atoms with Crippen LogP contribution in [0.5, 0.6) is 28.7 Å². The summed E-state index contributed by atoms with van der Waals surface area (Å²) in [5.74, 6) is -0.887. The minimum Gasteiger partial charge on any atom is -0.504 e. The molecule has 2 aromatic carbocycles. The molecule has 0 unspecified atom stereocenters. The molecule has 3 aromatic rings. The average molecular weight is 396 g/mol. The van der Waals surface area contributed by atoms with Gasteiger partial charge in [-0.3, -0.25) is 0 Å². The molecule has 0 fully saturated rings. The molecule has 8 nitrogen and oxygen atoms in total. The van der Waals surface area contributed by atoms with Gasteiger partial charge in [-0.15, -0.1) is 0 Å². The Hall–Kier alpha value is -3.91. The Morgan fingerprint density at radius 3 is 2.38 bits per heavy atom. The van der Waals surface area contributed by atoms with Crippen LogP contribution in [0.3, 0.4) is 0 Å². The predicted octanol–water partition coefficient (Wildman–Crippen LogP) is 3.34. The van der Waals surface area contributed by atoms with Crippen LogP contribution in [0.1, 0.15) is 23.2 Å². The van der Waals surface area contributed by atoms with Crippen LogP contribution in [0.4, 0.5) is 0 Å². The summed E-state index contributed by atoms with van der Waals surface area (Å²) in [7, 11) is 1.41. The first-order chi connectivity index (χ1) is 13.9. The highest BCUT2D eigenvalue weighted by molar-refractivity contribution is 5.78. The molecule has 8 heteroatoms. The van der Waals surface area contributed by atoms with Crippen LogP contribution in [-0.4, -0.2) is 27.5 Å². The smallest absolute Gasteiger partial charge is 0.347 e. The first kappa shape index (κ1) is 18.5. The number of rotatable bonds is 3. The summed E-state index contributed by atoms with van der Waals surface area (Å²) in [6.07, 6.45) is 2.19. The zero-order chi connectivity index (χ0) is 20.7. The Labute approximate surface area is 164 Å². The summed E-state index contributed by atoms with van der Waals surface area (Å²) in [5, 5.41) is 38.5. The molecule has 1 atom stereocenters. The van der Waals surface area contributed by atoms with Gasteiger partial charge in [-0.1, -0.05) is 12.1 Å². The zero-order valence-electron chi connectivity index (χ0n) is 15.1. The SMILES string of the molecule is CO[C@H]1Oc2cc(/C=C/c3ccc(O)c(O)c3)oc(=O)c2-c2cc(O)c(O)cc21. The fraction of sp³-hybridized carbons (Fsp3) is 0.0952. The van der Waals surface area contributed by atoms with E-state index in [1.165, 1.54) is 43.5 Å². The molecule has 2 heterocycles. The number of phenolic OH excluding ortho intramolecular Hbond substituents is 4. The summed E-state index contributed by atoms with van der Waals surface area (Å²) in [6.45, 7) is 0. The number of benzene rings is 2. The van der Waals surface area contributed by atoms with Crippen molar-refractivity contribution in [2.24, 2.45) is 0 Å². The molecule has 4 rings (SSSR count). The lowest BCUT2D eigenvalue weighted by atomic mass is 9.96. The van der Waals surface area contributed by atoms with E-state index in [1.807, 2.05) is 0 Å². The Kier molecular flexibility index (Phi) is 4.40. The first-order valence-corrected chi connectivity index (χ1v) is 8.51. The van der Waals surface area contributed by atoms with Crippen LogP contribution in [-0.2, 0) is 4.74 Å². The molecular weight excluding hydrogens is 380 g/mol. The molecule has 0 amide bonds. The lowest BCUT2D eigenvalue weighted by Crippen LogP contribution is -2.20. The molecule has 29 heavy (non-hydrogen) atoms. The molecule has 1 aromatic heterocycles. The van der Waals surface area contributed by atoms with E-state index in [9.17, 15) is 25.2 Å². The minimum atomic E-state index is -0.892. The van der Waals surface area contributed by atoms with E-state index in [-0.39, 0.29) is 40.1 Å². The van der Waals surface area contributed by atoms with Crippen molar-refractivity contribution < 1.29 is 34.3 Å². The quantitative estimate of drug-likeness (QED) is 0.496. The van der Waals surface area contributed by atoms with Crippen LogP contribution in [0.2, 0.25) is 0 Å². The number of phenols is 4. The molecule has 4 N–H and O–H groups in total. The fourth-order valence-corrected chi connectivity index (χ4v) is 3.09. The second-order valence-electron chi connectivity index (χ2n) is 6.37. The van der Waals surface area contributed by atoms with Crippen molar-refractivity contribution >= 4 is 12.2 Å². The normalized spacial score (nSPS) is 15.0. The summed E-state index contributed by atoms with van der Waals surface area (Å²) in [6, 6.07) is 8.28. The van der Waals surface area contributed by atoms with Gasteiger partial charge in [0.25, 0.3) is 0 Å². The van der Waals surface area contributed by atoms with Crippen molar-refractivity contribution in [3.05, 3.63) is 63.7 Å². The third kappa shape index (κ3) is 3.26. The van der Waals surface area contributed by atoms with Crippen molar-refractivity contribution in [3.8, 4) is 39.9 Å². The molecule has 0 saturated heterocycles. The second-order valence-corrected chi connectivity index (χ2v) is 6.37. The summed E-state index contributed by atoms with van der Waals surface area (Å²) >= 11 is 0. The van der Waals surface area contributed by atoms with E-state index >= 15 is 0 Å². The van der Waals surface area contributed by atoms with Crippen LogP contribution in [0.15, 0.2) is 45.6 Å². The van der Waals surface area contributed by atoms with E-state index in [2.05, 4.69) is 0 Å². The van der Waals surface area contributed by atoms with Crippen molar-refractivity contribution in [2.45, 2.75) is 6.29 Å². The summed E-state index contributed by atoms with van der Waals surface area (Å²) in [5.41, 5.74) is 0.688. The van der Waals surface area contributed by atoms with Crippen molar-refractivity contribution in [3.63, 3.8) is 0 Å². The van der Waals surface area contributed by atoms with Gasteiger partial charge in [0.05, 0.1) is 0 Å². The van der Waals surface area contributed by atoms with Gasteiger partial charge < -0.3 is 34.3 Å². The number of fused-ring (bicyclic) bond motifs is 3. The maximum absolute atomic E-state index is 12.6. The standard InChI is InChI=1S/C21H16O8/c1-27-21-13-9-17(25)16(24)8-12(13)19-18(29-21)7-11(28-20(19)26)4-2-10-3-5-14(22)15(23)6-10/h2-9,21-25H,1H3/b4-2+/t21-/m0/s1. The summed E-state index contributed by atoms with van der Waals surface area (Å²) in [4.78, 5) is 12.6. The average Bonchev–Trinajstić information content (AvgIpc) is 2.69. The molecule has 0 bridgehead atoms. The van der Waals surface area contributed by atoms with E-state index in [1.54, 1.807) is 12.1 Å². The van der Waals surface area contributed by atoms with Gasteiger partial charge in [0.15, 0.2) is 23.0 Å². The number of hydrogen-bond acceptors (Lipinski definition) is 8.